The lowest BCUT2D eigenvalue weighted by Crippen LogP contribution is -2.17. The minimum absolute atomic E-state index is 0.0455. The van der Waals surface area contributed by atoms with Crippen LogP contribution >= 0.6 is 11.8 Å². The zero-order valence-corrected chi connectivity index (χ0v) is 15.8. The van der Waals surface area contributed by atoms with Crippen LogP contribution in [-0.4, -0.2) is 16.2 Å². The fourth-order valence-electron chi connectivity index (χ4n) is 2.83. The number of halogens is 1. The van der Waals surface area contributed by atoms with Crippen LogP contribution < -0.4 is 5.32 Å². The molecule has 6 heteroatoms. The average Bonchev–Trinajstić information content (AvgIpc) is 2.91. The van der Waals surface area contributed by atoms with Gasteiger partial charge < -0.3 is 5.32 Å². The van der Waals surface area contributed by atoms with Crippen molar-refractivity contribution < 1.29 is 9.18 Å². The van der Waals surface area contributed by atoms with Crippen molar-refractivity contribution in [3.63, 3.8) is 0 Å². The van der Waals surface area contributed by atoms with Crippen LogP contribution in [-0.2, 0) is 4.79 Å². The molecule has 2 aromatic carbocycles. The lowest BCUT2D eigenvalue weighted by molar-refractivity contribution is -0.113. The molecule has 0 aliphatic heterocycles. The van der Waals surface area contributed by atoms with E-state index < -0.39 is 0 Å². The number of hydrogen-bond acceptors (Lipinski definition) is 3. The van der Waals surface area contributed by atoms with Gasteiger partial charge in [0.05, 0.1) is 11.3 Å². The van der Waals surface area contributed by atoms with Crippen LogP contribution in [0.3, 0.4) is 0 Å². The van der Waals surface area contributed by atoms with Crippen LogP contribution in [0.2, 0.25) is 0 Å². The molecule has 0 aliphatic carbocycles. The number of nitriles is 1. The third-order valence-electron chi connectivity index (χ3n) is 4.29. The standard InChI is InChI=1S/C21H18FN3OS/c1-14-15(2)25(16-8-4-3-5-9-16)21(17(14)12-23)24-20(26)13-27-19-11-7-6-10-18(19)22/h3-11H,13H2,1-2H3,(H,24,26). The van der Waals surface area contributed by atoms with E-state index >= 15 is 0 Å². The normalized spacial score (nSPS) is 10.4. The zero-order valence-electron chi connectivity index (χ0n) is 15.0. The molecule has 3 rings (SSSR count). The molecule has 0 atom stereocenters. The minimum atomic E-state index is -0.354. The first-order valence-corrected chi connectivity index (χ1v) is 9.36. The zero-order chi connectivity index (χ0) is 19.4. The molecule has 136 valence electrons. The number of carbonyl (C=O) groups is 1. The highest BCUT2D eigenvalue weighted by Gasteiger charge is 2.20. The van der Waals surface area contributed by atoms with E-state index in [9.17, 15) is 14.4 Å². The maximum Gasteiger partial charge on any atom is 0.235 e. The second kappa shape index (κ2) is 8.11. The molecule has 0 aliphatic rings. The van der Waals surface area contributed by atoms with Gasteiger partial charge in [-0.05, 0) is 43.7 Å². The van der Waals surface area contributed by atoms with Gasteiger partial charge in [0.25, 0.3) is 0 Å². The summed E-state index contributed by atoms with van der Waals surface area (Å²) in [5, 5.41) is 12.4. The summed E-state index contributed by atoms with van der Waals surface area (Å²) in [5.74, 6) is -0.163. The number of nitrogens with one attached hydrogen (secondary N) is 1. The number of carbonyl (C=O) groups excluding carboxylic acids is 1. The van der Waals surface area contributed by atoms with Gasteiger partial charge in [-0.25, -0.2) is 4.39 Å². The Morgan fingerprint density at radius 3 is 2.48 bits per heavy atom. The van der Waals surface area contributed by atoms with Gasteiger partial charge in [0.1, 0.15) is 17.7 Å². The highest BCUT2D eigenvalue weighted by molar-refractivity contribution is 8.00. The predicted molar refractivity (Wildman–Crippen MR) is 106 cm³/mol. The number of benzene rings is 2. The van der Waals surface area contributed by atoms with Crippen LogP contribution in [0.25, 0.3) is 5.69 Å². The molecule has 4 nitrogen and oxygen atoms in total. The van der Waals surface area contributed by atoms with Crippen molar-refractivity contribution in [2.45, 2.75) is 18.7 Å². The molecular weight excluding hydrogens is 361 g/mol. The van der Waals surface area contributed by atoms with Crippen molar-refractivity contribution in [1.29, 1.82) is 5.26 Å². The Bertz CT molecular complexity index is 1020. The third-order valence-corrected chi connectivity index (χ3v) is 5.34. The average molecular weight is 379 g/mol. The molecule has 0 spiro atoms. The van der Waals surface area contributed by atoms with Gasteiger partial charge in [0, 0.05) is 16.3 Å². The summed E-state index contributed by atoms with van der Waals surface area (Å²) >= 11 is 1.12. The van der Waals surface area contributed by atoms with Gasteiger partial charge in [-0.15, -0.1) is 11.8 Å². The summed E-state index contributed by atoms with van der Waals surface area (Å²) in [4.78, 5) is 12.9. The minimum Gasteiger partial charge on any atom is -0.310 e. The molecule has 1 aromatic heterocycles. The van der Waals surface area contributed by atoms with Gasteiger partial charge in [-0.2, -0.15) is 5.26 Å². The Morgan fingerprint density at radius 2 is 1.81 bits per heavy atom. The predicted octanol–water partition coefficient (Wildman–Crippen LogP) is 4.84. The molecule has 1 heterocycles. The Kier molecular flexibility index (Phi) is 5.63. The van der Waals surface area contributed by atoms with Gasteiger partial charge in [-0.3, -0.25) is 9.36 Å². The molecule has 0 saturated heterocycles. The smallest absolute Gasteiger partial charge is 0.235 e. The SMILES string of the molecule is Cc1c(C#N)c(NC(=O)CSc2ccccc2F)n(-c2ccccc2)c1C. The summed E-state index contributed by atoms with van der Waals surface area (Å²) < 4.78 is 15.6. The van der Waals surface area contributed by atoms with E-state index in [0.717, 1.165) is 28.7 Å². The molecule has 0 unspecified atom stereocenters. The fraction of sp³-hybridized carbons (Fsp3) is 0.143. The quantitative estimate of drug-likeness (QED) is 0.646. The second-order valence-electron chi connectivity index (χ2n) is 5.98. The lowest BCUT2D eigenvalue weighted by Gasteiger charge is -2.13. The maximum atomic E-state index is 13.7. The van der Waals surface area contributed by atoms with Crippen LogP contribution in [0.4, 0.5) is 10.2 Å². The Labute approximate surface area is 161 Å². The first-order chi connectivity index (χ1) is 13.0. The van der Waals surface area contributed by atoms with E-state index in [1.165, 1.54) is 6.07 Å². The highest BCUT2D eigenvalue weighted by atomic mass is 32.2. The molecule has 0 bridgehead atoms. The Hall–Kier alpha value is -3.04. The van der Waals surface area contributed by atoms with Crippen molar-refractivity contribution in [1.82, 2.24) is 4.57 Å². The van der Waals surface area contributed by atoms with Crippen molar-refractivity contribution in [2.75, 3.05) is 11.1 Å². The van der Waals surface area contributed by atoms with Crippen LogP contribution in [0.1, 0.15) is 16.8 Å². The summed E-state index contributed by atoms with van der Waals surface area (Å²) in [6.45, 7) is 3.77. The molecule has 0 radical (unpaired) electrons. The summed E-state index contributed by atoms with van der Waals surface area (Å²) in [6, 6.07) is 18.0. The first-order valence-electron chi connectivity index (χ1n) is 8.37. The van der Waals surface area contributed by atoms with E-state index in [0.29, 0.717) is 16.3 Å². The van der Waals surface area contributed by atoms with Crippen molar-refractivity contribution in [3.8, 4) is 11.8 Å². The van der Waals surface area contributed by atoms with E-state index in [1.807, 2.05) is 48.7 Å². The van der Waals surface area contributed by atoms with E-state index in [1.54, 1.807) is 18.2 Å². The summed E-state index contributed by atoms with van der Waals surface area (Å²) in [7, 11) is 0. The monoisotopic (exact) mass is 379 g/mol. The van der Waals surface area contributed by atoms with Crippen molar-refractivity contribution in [3.05, 3.63) is 77.2 Å². The van der Waals surface area contributed by atoms with Gasteiger partial charge >= 0.3 is 0 Å². The van der Waals surface area contributed by atoms with Crippen molar-refractivity contribution >= 4 is 23.5 Å². The van der Waals surface area contributed by atoms with Gasteiger partial charge in [0.2, 0.25) is 5.91 Å². The molecule has 27 heavy (non-hydrogen) atoms. The molecule has 1 N–H and O–H groups in total. The molecule has 0 saturated carbocycles. The van der Waals surface area contributed by atoms with E-state index in [4.69, 9.17) is 0 Å². The lowest BCUT2D eigenvalue weighted by atomic mass is 10.2. The topological polar surface area (TPSA) is 57.8 Å². The largest absolute Gasteiger partial charge is 0.310 e. The van der Waals surface area contributed by atoms with Crippen LogP contribution in [0, 0.1) is 31.0 Å². The van der Waals surface area contributed by atoms with Crippen LogP contribution in [0.15, 0.2) is 59.5 Å². The van der Waals surface area contributed by atoms with Gasteiger partial charge in [-0.1, -0.05) is 30.3 Å². The van der Waals surface area contributed by atoms with E-state index in [-0.39, 0.29) is 17.5 Å². The maximum absolute atomic E-state index is 13.7. The molecule has 3 aromatic rings. The highest BCUT2D eigenvalue weighted by Crippen LogP contribution is 2.30. The van der Waals surface area contributed by atoms with Gasteiger partial charge in [0.15, 0.2) is 0 Å². The van der Waals surface area contributed by atoms with Crippen molar-refractivity contribution in [2.24, 2.45) is 0 Å². The third kappa shape index (κ3) is 3.88. The summed E-state index contributed by atoms with van der Waals surface area (Å²) in [5.41, 5.74) is 2.99. The van der Waals surface area contributed by atoms with Crippen LogP contribution in [0.5, 0.6) is 0 Å². The summed E-state index contributed by atoms with van der Waals surface area (Å²) in [6.07, 6.45) is 0. The number of hydrogen-bond donors (Lipinski definition) is 1. The number of rotatable bonds is 5. The molecular formula is C21H18FN3OS. The number of para-hydroxylation sites is 1. The fourth-order valence-corrected chi connectivity index (χ4v) is 3.57. The number of nitrogens with zero attached hydrogens (tertiary/aromatic N) is 2. The first kappa shape index (κ1) is 18.7. The number of aromatic nitrogens is 1. The Balaban J connectivity index is 1.88. The number of anilines is 1. The Morgan fingerprint density at radius 1 is 1.15 bits per heavy atom. The second-order valence-corrected chi connectivity index (χ2v) is 7.00. The molecule has 0 fully saturated rings. The molecule has 1 amide bonds. The number of amides is 1. The van der Waals surface area contributed by atoms with E-state index in [2.05, 4.69) is 11.4 Å². The number of thioether (sulfide) groups is 1.